The van der Waals surface area contributed by atoms with Crippen LogP contribution in [-0.4, -0.2) is 26.6 Å². The van der Waals surface area contributed by atoms with Crippen molar-refractivity contribution < 1.29 is 14.6 Å². The maximum Gasteiger partial charge on any atom is 0.358 e. The summed E-state index contributed by atoms with van der Waals surface area (Å²) in [5.41, 5.74) is 0.123. The van der Waals surface area contributed by atoms with Crippen molar-refractivity contribution in [2.45, 2.75) is 24.6 Å². The molecule has 1 fully saturated rings. The molecule has 5 nitrogen and oxygen atoms in total. The van der Waals surface area contributed by atoms with Crippen LogP contribution in [0.2, 0.25) is 0 Å². The van der Waals surface area contributed by atoms with E-state index >= 15 is 0 Å². The highest BCUT2D eigenvalue weighted by molar-refractivity contribution is 7.99. The molecule has 0 spiro atoms. The molecule has 1 aromatic carbocycles. The number of nitrogens with zero attached hydrogens (tertiary/aromatic N) is 2. The number of rotatable bonds is 4. The van der Waals surface area contributed by atoms with Crippen LogP contribution in [0.15, 0.2) is 36.5 Å². The number of benzene rings is 1. The molecule has 1 N–H and O–H groups in total. The van der Waals surface area contributed by atoms with Crippen LogP contribution in [0, 0.1) is 0 Å². The van der Waals surface area contributed by atoms with Gasteiger partial charge in [-0.2, -0.15) is 5.10 Å². The van der Waals surface area contributed by atoms with Crippen molar-refractivity contribution in [3.8, 4) is 11.5 Å². The lowest BCUT2D eigenvalue weighted by atomic mass is 10.2. The van der Waals surface area contributed by atoms with Gasteiger partial charge in [-0.15, -0.1) is 11.8 Å². The van der Waals surface area contributed by atoms with Gasteiger partial charge in [-0.3, -0.25) is 0 Å². The highest BCUT2D eigenvalue weighted by Gasteiger charge is 2.26. The van der Waals surface area contributed by atoms with E-state index in [0.717, 1.165) is 18.6 Å². The van der Waals surface area contributed by atoms with Gasteiger partial charge in [0.2, 0.25) is 0 Å². The summed E-state index contributed by atoms with van der Waals surface area (Å²) in [5.74, 6) is 0.929. The largest absolute Gasteiger partial charge is 0.476 e. The molecule has 1 saturated heterocycles. The van der Waals surface area contributed by atoms with Crippen LogP contribution >= 0.6 is 11.8 Å². The van der Waals surface area contributed by atoms with Crippen LogP contribution < -0.4 is 4.74 Å². The Morgan fingerprint density at radius 2 is 2.14 bits per heavy atom. The molecule has 0 amide bonds. The highest BCUT2D eigenvalue weighted by Crippen LogP contribution is 2.37. The molecule has 0 radical (unpaired) electrons. The summed E-state index contributed by atoms with van der Waals surface area (Å²) in [7, 11) is 0. The summed E-state index contributed by atoms with van der Waals surface area (Å²) in [6.45, 7) is 0. The number of aromatic nitrogens is 2. The molecule has 110 valence electrons. The van der Waals surface area contributed by atoms with Crippen molar-refractivity contribution in [3.63, 3.8) is 0 Å². The number of ether oxygens (including phenoxy) is 1. The van der Waals surface area contributed by atoms with Gasteiger partial charge in [-0.05, 0) is 37.1 Å². The third-order valence-electron chi connectivity index (χ3n) is 3.36. The molecule has 1 aromatic heterocycles. The second-order valence-electron chi connectivity index (χ2n) is 4.84. The maximum atomic E-state index is 11.6. The first-order valence-electron chi connectivity index (χ1n) is 6.91. The first kappa shape index (κ1) is 14.0. The number of hydrogen-bond acceptors (Lipinski definition) is 4. The molecule has 1 aliphatic rings. The van der Waals surface area contributed by atoms with Gasteiger partial charge in [0.05, 0.1) is 11.6 Å². The lowest BCUT2D eigenvalue weighted by Gasteiger charge is -2.22. The lowest BCUT2D eigenvalue weighted by molar-refractivity contribution is 0.0679. The summed E-state index contributed by atoms with van der Waals surface area (Å²) in [6.07, 6.45) is 4.71. The second kappa shape index (κ2) is 6.22. The number of para-hydroxylation sites is 1. The topological polar surface area (TPSA) is 64.3 Å². The Hall–Kier alpha value is -1.95. The lowest BCUT2D eigenvalue weighted by Crippen LogP contribution is -2.17. The highest BCUT2D eigenvalue weighted by atomic mass is 32.2. The molecular formula is C15H16N2O3S. The molecule has 1 aliphatic heterocycles. The molecule has 21 heavy (non-hydrogen) atoms. The Labute approximate surface area is 126 Å². The monoisotopic (exact) mass is 304 g/mol. The number of thioether (sulfide) groups is 1. The van der Waals surface area contributed by atoms with E-state index in [0.29, 0.717) is 11.5 Å². The van der Waals surface area contributed by atoms with Gasteiger partial charge >= 0.3 is 5.97 Å². The molecule has 2 heterocycles. The fourth-order valence-corrected chi connectivity index (χ4v) is 3.65. The molecule has 0 saturated carbocycles. The van der Waals surface area contributed by atoms with Gasteiger partial charge in [0.15, 0.2) is 11.4 Å². The number of carboxylic acids is 1. The van der Waals surface area contributed by atoms with Gasteiger partial charge in [-0.25, -0.2) is 9.48 Å². The molecule has 6 heteroatoms. The average Bonchev–Trinajstić information content (AvgIpc) is 2.93. The first-order valence-corrected chi connectivity index (χ1v) is 7.96. The minimum Gasteiger partial charge on any atom is -0.476 e. The summed E-state index contributed by atoms with van der Waals surface area (Å²) in [6, 6.07) is 9.15. The fourth-order valence-electron chi connectivity index (χ4n) is 2.37. The van der Waals surface area contributed by atoms with Crippen molar-refractivity contribution in [3.05, 3.63) is 42.2 Å². The average molecular weight is 304 g/mol. The summed E-state index contributed by atoms with van der Waals surface area (Å²) < 4.78 is 7.26. The van der Waals surface area contributed by atoms with Crippen molar-refractivity contribution in [2.24, 2.45) is 0 Å². The molecular weight excluding hydrogens is 288 g/mol. The normalized spacial score (nSPS) is 18.4. The predicted molar refractivity (Wildman–Crippen MR) is 81.0 cm³/mol. The van der Waals surface area contributed by atoms with Gasteiger partial charge in [0.25, 0.3) is 0 Å². The number of hydrogen-bond donors (Lipinski definition) is 1. The standard InChI is InChI=1S/C15H16N2O3S/c18-15(19)14-12(20-11-6-2-1-3-7-11)10-16-17(14)13-8-4-5-9-21-13/h1-3,6-7,10,13H,4-5,8-9H2,(H,18,19). The molecule has 2 aromatic rings. The number of carbonyl (C=O) groups is 1. The zero-order valence-corrected chi connectivity index (χ0v) is 12.3. The summed E-state index contributed by atoms with van der Waals surface area (Å²) in [4.78, 5) is 11.6. The van der Waals surface area contributed by atoms with E-state index < -0.39 is 5.97 Å². The van der Waals surface area contributed by atoms with E-state index in [1.54, 1.807) is 28.6 Å². The van der Waals surface area contributed by atoms with E-state index in [4.69, 9.17) is 4.74 Å². The number of aromatic carboxylic acids is 1. The van der Waals surface area contributed by atoms with Crippen LogP contribution in [0.3, 0.4) is 0 Å². The van der Waals surface area contributed by atoms with E-state index in [9.17, 15) is 9.90 Å². The van der Waals surface area contributed by atoms with Crippen LogP contribution in [0.4, 0.5) is 0 Å². The van der Waals surface area contributed by atoms with E-state index in [-0.39, 0.29) is 11.1 Å². The summed E-state index contributed by atoms with van der Waals surface area (Å²) in [5, 5.41) is 13.8. The van der Waals surface area contributed by atoms with Gasteiger partial charge in [-0.1, -0.05) is 18.2 Å². The zero-order valence-electron chi connectivity index (χ0n) is 11.4. The zero-order chi connectivity index (χ0) is 14.7. The molecule has 1 unspecified atom stereocenters. The Bertz CT molecular complexity index is 621. The van der Waals surface area contributed by atoms with Gasteiger partial charge < -0.3 is 9.84 Å². The Morgan fingerprint density at radius 1 is 1.33 bits per heavy atom. The maximum absolute atomic E-state index is 11.6. The van der Waals surface area contributed by atoms with Crippen LogP contribution in [-0.2, 0) is 0 Å². The van der Waals surface area contributed by atoms with Crippen LogP contribution in [0.25, 0.3) is 0 Å². The van der Waals surface area contributed by atoms with Crippen molar-refractivity contribution >= 4 is 17.7 Å². The second-order valence-corrected chi connectivity index (χ2v) is 6.13. The van der Waals surface area contributed by atoms with Crippen molar-refractivity contribution in [1.82, 2.24) is 9.78 Å². The third-order valence-corrected chi connectivity index (χ3v) is 4.71. The molecule has 3 rings (SSSR count). The molecule has 0 aliphatic carbocycles. The minimum absolute atomic E-state index is 0.0815. The smallest absolute Gasteiger partial charge is 0.358 e. The van der Waals surface area contributed by atoms with Crippen LogP contribution in [0.1, 0.15) is 35.1 Å². The number of carboxylic acid groups (broad SMARTS) is 1. The quantitative estimate of drug-likeness (QED) is 0.931. The van der Waals surface area contributed by atoms with Crippen LogP contribution in [0.5, 0.6) is 11.5 Å². The Morgan fingerprint density at radius 3 is 2.81 bits per heavy atom. The predicted octanol–water partition coefficient (Wildman–Crippen LogP) is 3.79. The Balaban J connectivity index is 1.90. The van der Waals surface area contributed by atoms with Crippen molar-refractivity contribution in [2.75, 3.05) is 5.75 Å². The fraction of sp³-hybridized carbons (Fsp3) is 0.333. The summed E-state index contributed by atoms with van der Waals surface area (Å²) >= 11 is 1.75. The van der Waals surface area contributed by atoms with E-state index in [1.165, 1.54) is 12.6 Å². The van der Waals surface area contributed by atoms with Crippen molar-refractivity contribution in [1.29, 1.82) is 0 Å². The van der Waals surface area contributed by atoms with Gasteiger partial charge in [0, 0.05) is 0 Å². The SMILES string of the molecule is O=C(O)c1c(Oc2ccccc2)cnn1C1CCCCS1. The molecule has 1 atom stereocenters. The third kappa shape index (κ3) is 3.05. The van der Waals surface area contributed by atoms with Gasteiger partial charge in [0.1, 0.15) is 5.75 Å². The molecule has 0 bridgehead atoms. The first-order chi connectivity index (χ1) is 10.3. The Kier molecular flexibility index (Phi) is 4.15. The van der Waals surface area contributed by atoms with E-state index in [2.05, 4.69) is 5.10 Å². The minimum atomic E-state index is -1.01. The van der Waals surface area contributed by atoms with E-state index in [1.807, 2.05) is 18.2 Å².